The molecule has 4 rings (SSSR count). The van der Waals surface area contributed by atoms with Gasteiger partial charge in [0.2, 0.25) is 10.0 Å². The van der Waals surface area contributed by atoms with Crippen molar-refractivity contribution in [2.75, 3.05) is 26.2 Å². The molecule has 168 valence electrons. The predicted octanol–water partition coefficient (Wildman–Crippen LogP) is 3.57. The Labute approximate surface area is 193 Å². The zero-order chi connectivity index (χ0) is 22.4. The number of hydrogen-bond donors (Lipinski definition) is 1. The first kappa shape index (κ1) is 22.7. The van der Waals surface area contributed by atoms with Crippen LogP contribution >= 0.6 is 11.3 Å². The molecule has 32 heavy (non-hydrogen) atoms. The Morgan fingerprint density at radius 3 is 2.56 bits per heavy atom. The van der Waals surface area contributed by atoms with E-state index in [9.17, 15) is 13.2 Å². The van der Waals surface area contributed by atoms with Gasteiger partial charge in [-0.05, 0) is 41.6 Å². The first-order chi connectivity index (χ1) is 15.5. The highest BCUT2D eigenvalue weighted by Crippen LogP contribution is 2.17. The van der Waals surface area contributed by atoms with Crippen LogP contribution in [0.1, 0.15) is 27.2 Å². The first-order valence-electron chi connectivity index (χ1n) is 10.7. The summed E-state index contributed by atoms with van der Waals surface area (Å²) in [6.45, 7) is 4.12. The number of benzene rings is 2. The molecule has 6 nitrogen and oxygen atoms in total. The molecule has 0 unspecified atom stereocenters. The highest BCUT2D eigenvalue weighted by molar-refractivity contribution is 7.89. The monoisotopic (exact) mass is 469 g/mol. The Kier molecular flexibility index (Phi) is 7.36. The molecule has 1 saturated heterocycles. The van der Waals surface area contributed by atoms with Crippen LogP contribution in [-0.4, -0.2) is 50.3 Å². The number of sulfonamides is 1. The van der Waals surface area contributed by atoms with Crippen LogP contribution in [0.2, 0.25) is 0 Å². The van der Waals surface area contributed by atoms with Gasteiger partial charge in [-0.25, -0.2) is 13.1 Å². The molecule has 1 aliphatic heterocycles. The van der Waals surface area contributed by atoms with Crippen molar-refractivity contribution in [1.29, 1.82) is 0 Å². The summed E-state index contributed by atoms with van der Waals surface area (Å²) in [6, 6.07) is 20.4. The minimum absolute atomic E-state index is 0.112. The van der Waals surface area contributed by atoms with Gasteiger partial charge in [-0.1, -0.05) is 42.5 Å². The minimum atomic E-state index is -3.70. The third-order valence-corrected chi connectivity index (χ3v) is 7.81. The lowest BCUT2D eigenvalue weighted by molar-refractivity contribution is 0.0761. The van der Waals surface area contributed by atoms with Crippen molar-refractivity contribution < 1.29 is 13.2 Å². The second kappa shape index (κ2) is 10.4. The van der Waals surface area contributed by atoms with Gasteiger partial charge in [0.1, 0.15) is 0 Å². The molecule has 1 aromatic heterocycles. The lowest BCUT2D eigenvalue weighted by atomic mass is 10.2. The third-order valence-electron chi connectivity index (χ3n) is 5.53. The molecule has 1 fully saturated rings. The SMILES string of the molecule is O=C(c1cccc(S(=O)(=O)NCc2cccs2)c1)N1CCCN(Cc2ccccc2)CC1. The van der Waals surface area contributed by atoms with Crippen LogP contribution in [0.3, 0.4) is 0 Å². The lowest BCUT2D eigenvalue weighted by Crippen LogP contribution is -2.35. The molecular weight excluding hydrogens is 442 g/mol. The molecule has 1 N–H and O–H groups in total. The van der Waals surface area contributed by atoms with E-state index in [-0.39, 0.29) is 17.3 Å². The van der Waals surface area contributed by atoms with Crippen molar-refractivity contribution in [1.82, 2.24) is 14.5 Å². The summed E-state index contributed by atoms with van der Waals surface area (Å²) in [6.07, 6.45) is 0.888. The van der Waals surface area contributed by atoms with Crippen molar-refractivity contribution >= 4 is 27.3 Å². The molecular formula is C24H27N3O3S2. The first-order valence-corrected chi connectivity index (χ1v) is 13.1. The zero-order valence-corrected chi connectivity index (χ0v) is 19.4. The summed E-state index contributed by atoms with van der Waals surface area (Å²) >= 11 is 1.50. The number of nitrogens with one attached hydrogen (secondary N) is 1. The van der Waals surface area contributed by atoms with E-state index < -0.39 is 10.0 Å². The molecule has 1 aliphatic rings. The molecule has 0 saturated carbocycles. The minimum Gasteiger partial charge on any atom is -0.337 e. The molecule has 3 aromatic rings. The summed E-state index contributed by atoms with van der Waals surface area (Å²) < 4.78 is 28.0. The molecule has 2 heterocycles. The van der Waals surface area contributed by atoms with Gasteiger partial charge in [-0.2, -0.15) is 0 Å². The van der Waals surface area contributed by atoms with Crippen molar-refractivity contribution in [2.24, 2.45) is 0 Å². The van der Waals surface area contributed by atoms with Crippen LogP contribution in [0.15, 0.2) is 77.0 Å². The Morgan fingerprint density at radius 1 is 0.938 bits per heavy atom. The fraction of sp³-hybridized carbons (Fsp3) is 0.292. The molecule has 1 amide bonds. The van der Waals surface area contributed by atoms with Crippen molar-refractivity contribution in [3.8, 4) is 0 Å². The predicted molar refractivity (Wildman–Crippen MR) is 127 cm³/mol. The Balaban J connectivity index is 1.39. The van der Waals surface area contributed by atoms with E-state index in [1.807, 2.05) is 40.6 Å². The molecule has 0 spiro atoms. The summed E-state index contributed by atoms with van der Waals surface area (Å²) in [5, 5.41) is 1.91. The summed E-state index contributed by atoms with van der Waals surface area (Å²) in [4.78, 5) is 18.4. The van der Waals surface area contributed by atoms with Gasteiger partial charge in [0.15, 0.2) is 0 Å². The van der Waals surface area contributed by atoms with E-state index in [1.165, 1.54) is 29.0 Å². The molecule has 0 radical (unpaired) electrons. The van der Waals surface area contributed by atoms with Crippen LogP contribution in [0, 0.1) is 0 Å². The fourth-order valence-corrected chi connectivity index (χ4v) is 5.60. The Bertz CT molecular complexity index is 1130. The molecule has 2 aromatic carbocycles. The van der Waals surface area contributed by atoms with Gasteiger partial charge in [0.05, 0.1) is 4.90 Å². The fourth-order valence-electron chi connectivity index (χ4n) is 3.82. The maximum atomic E-state index is 13.1. The number of rotatable bonds is 7. The number of thiophene rings is 1. The summed E-state index contributed by atoms with van der Waals surface area (Å²) in [5.41, 5.74) is 1.67. The largest absolute Gasteiger partial charge is 0.337 e. The van der Waals surface area contributed by atoms with Gasteiger partial charge in [-0.3, -0.25) is 9.69 Å². The highest BCUT2D eigenvalue weighted by Gasteiger charge is 2.22. The van der Waals surface area contributed by atoms with Crippen molar-refractivity contribution in [3.63, 3.8) is 0 Å². The van der Waals surface area contributed by atoms with Gasteiger partial charge in [0, 0.05) is 49.7 Å². The maximum Gasteiger partial charge on any atom is 0.253 e. The van der Waals surface area contributed by atoms with Crippen LogP contribution in [0.4, 0.5) is 0 Å². The van der Waals surface area contributed by atoms with E-state index in [0.717, 1.165) is 30.9 Å². The highest BCUT2D eigenvalue weighted by atomic mass is 32.2. The molecule has 0 bridgehead atoms. The van der Waals surface area contributed by atoms with Crippen LogP contribution in [0.5, 0.6) is 0 Å². The second-order valence-electron chi connectivity index (χ2n) is 7.84. The van der Waals surface area contributed by atoms with E-state index in [2.05, 4.69) is 21.8 Å². The standard InChI is InChI=1S/C24H27N3O3S2/c28-24(27-13-6-12-26(14-15-27)19-20-7-2-1-3-8-20)21-9-4-11-23(17-21)32(29,30)25-18-22-10-5-16-31-22/h1-5,7-11,16-17,25H,6,12-15,18-19H2. The second-order valence-corrected chi connectivity index (χ2v) is 10.6. The molecule has 0 aliphatic carbocycles. The quantitative estimate of drug-likeness (QED) is 0.574. The third kappa shape index (κ3) is 5.83. The van der Waals surface area contributed by atoms with E-state index in [4.69, 9.17) is 0 Å². The van der Waals surface area contributed by atoms with Crippen LogP contribution in [-0.2, 0) is 23.1 Å². The number of carbonyl (C=O) groups excluding carboxylic acids is 1. The molecule has 0 atom stereocenters. The van der Waals surface area contributed by atoms with Crippen LogP contribution in [0.25, 0.3) is 0 Å². The van der Waals surface area contributed by atoms with Crippen molar-refractivity contribution in [2.45, 2.75) is 24.4 Å². The van der Waals surface area contributed by atoms with Gasteiger partial charge in [-0.15, -0.1) is 11.3 Å². The number of carbonyl (C=O) groups is 1. The van der Waals surface area contributed by atoms with Crippen LogP contribution < -0.4 is 4.72 Å². The normalized spacial score (nSPS) is 15.4. The average Bonchev–Trinajstić information content (AvgIpc) is 3.24. The number of hydrogen-bond acceptors (Lipinski definition) is 5. The number of nitrogens with zero attached hydrogens (tertiary/aromatic N) is 2. The summed E-state index contributed by atoms with van der Waals surface area (Å²) in [5.74, 6) is -0.123. The smallest absolute Gasteiger partial charge is 0.253 e. The van der Waals surface area contributed by atoms with E-state index in [1.54, 1.807) is 12.1 Å². The Morgan fingerprint density at radius 2 is 1.78 bits per heavy atom. The number of amides is 1. The van der Waals surface area contributed by atoms with Gasteiger partial charge >= 0.3 is 0 Å². The van der Waals surface area contributed by atoms with Gasteiger partial charge in [0.25, 0.3) is 5.91 Å². The summed E-state index contributed by atoms with van der Waals surface area (Å²) in [7, 11) is -3.70. The Hall–Kier alpha value is -2.52. The van der Waals surface area contributed by atoms with Gasteiger partial charge < -0.3 is 4.90 Å². The topological polar surface area (TPSA) is 69.7 Å². The van der Waals surface area contributed by atoms with Crippen molar-refractivity contribution in [3.05, 3.63) is 88.1 Å². The molecule has 8 heteroatoms. The average molecular weight is 470 g/mol. The maximum absolute atomic E-state index is 13.1. The lowest BCUT2D eigenvalue weighted by Gasteiger charge is -2.22. The van der Waals surface area contributed by atoms with E-state index >= 15 is 0 Å². The zero-order valence-electron chi connectivity index (χ0n) is 17.8. The van der Waals surface area contributed by atoms with E-state index in [0.29, 0.717) is 18.7 Å².